The number of hydrogen-bond acceptors (Lipinski definition) is 5. The molecule has 1 aromatic rings. The first-order chi connectivity index (χ1) is 10.8. The fraction of sp³-hybridized carbons (Fsp3) is 0.467. The largest absolute Gasteiger partial charge is 0.452 e. The van der Waals surface area contributed by atoms with Crippen molar-refractivity contribution in [3.63, 3.8) is 0 Å². The SMILES string of the molecule is C[C@@H]1CCCCN1C(=O)COC(=O)c1ccc(S(N)(=O)=O)cc1. The average Bonchev–Trinajstić information content (AvgIpc) is 2.52. The Morgan fingerprint density at radius 3 is 2.48 bits per heavy atom. The average molecular weight is 340 g/mol. The van der Waals surface area contributed by atoms with Crippen LogP contribution < -0.4 is 5.14 Å². The van der Waals surface area contributed by atoms with Crippen molar-refractivity contribution in [2.75, 3.05) is 13.2 Å². The number of ether oxygens (including phenoxy) is 1. The molecule has 0 saturated carbocycles. The second-order valence-corrected chi connectivity index (χ2v) is 7.14. The van der Waals surface area contributed by atoms with Crippen molar-refractivity contribution < 1.29 is 22.7 Å². The van der Waals surface area contributed by atoms with Crippen LogP contribution in [-0.2, 0) is 19.6 Å². The van der Waals surface area contributed by atoms with Crippen molar-refractivity contribution in [2.24, 2.45) is 5.14 Å². The summed E-state index contributed by atoms with van der Waals surface area (Å²) in [5.41, 5.74) is 0.164. The van der Waals surface area contributed by atoms with Crippen LogP contribution in [0.4, 0.5) is 0 Å². The van der Waals surface area contributed by atoms with Gasteiger partial charge in [-0.2, -0.15) is 0 Å². The number of rotatable bonds is 4. The van der Waals surface area contributed by atoms with Crippen LogP contribution in [0.15, 0.2) is 29.2 Å². The number of primary sulfonamides is 1. The summed E-state index contributed by atoms with van der Waals surface area (Å²) in [5, 5.41) is 4.98. The third-order valence-electron chi connectivity index (χ3n) is 3.87. The molecule has 1 aromatic carbocycles. The Labute approximate surface area is 135 Å². The Morgan fingerprint density at radius 2 is 1.91 bits per heavy atom. The summed E-state index contributed by atoms with van der Waals surface area (Å²) in [6.07, 6.45) is 3.01. The van der Waals surface area contributed by atoms with Crippen molar-refractivity contribution in [3.05, 3.63) is 29.8 Å². The van der Waals surface area contributed by atoms with Crippen molar-refractivity contribution in [1.82, 2.24) is 4.90 Å². The summed E-state index contributed by atoms with van der Waals surface area (Å²) < 4.78 is 27.3. The number of benzene rings is 1. The van der Waals surface area contributed by atoms with Gasteiger partial charge in [0.05, 0.1) is 10.5 Å². The molecule has 0 aliphatic carbocycles. The standard InChI is InChI=1S/C15H20N2O5S/c1-11-4-2-3-9-17(11)14(18)10-22-15(19)12-5-7-13(8-6-12)23(16,20)21/h5-8,11H,2-4,9-10H2,1H3,(H2,16,20,21)/t11-/m1/s1. The smallest absolute Gasteiger partial charge is 0.338 e. The molecule has 7 nitrogen and oxygen atoms in total. The van der Waals surface area contributed by atoms with Gasteiger partial charge in [-0.25, -0.2) is 18.4 Å². The Balaban J connectivity index is 1.93. The number of likely N-dealkylation sites (tertiary alicyclic amines) is 1. The lowest BCUT2D eigenvalue weighted by Crippen LogP contribution is -2.44. The molecule has 0 bridgehead atoms. The highest BCUT2D eigenvalue weighted by Crippen LogP contribution is 2.16. The van der Waals surface area contributed by atoms with E-state index in [2.05, 4.69) is 0 Å². The molecule has 1 fully saturated rings. The summed E-state index contributed by atoms with van der Waals surface area (Å²) in [6.45, 7) is 2.34. The molecule has 8 heteroatoms. The minimum atomic E-state index is -3.80. The van der Waals surface area contributed by atoms with E-state index in [4.69, 9.17) is 9.88 Å². The summed E-state index contributed by atoms with van der Waals surface area (Å²) in [4.78, 5) is 25.6. The van der Waals surface area contributed by atoms with Crippen LogP contribution in [0.25, 0.3) is 0 Å². The molecule has 0 radical (unpaired) electrons. The van der Waals surface area contributed by atoms with Gasteiger partial charge in [-0.05, 0) is 50.5 Å². The number of carbonyl (C=O) groups excluding carboxylic acids is 2. The molecule has 1 saturated heterocycles. The number of sulfonamides is 1. The number of nitrogens with two attached hydrogens (primary N) is 1. The van der Waals surface area contributed by atoms with E-state index in [1.165, 1.54) is 24.3 Å². The molecular formula is C15H20N2O5S. The Morgan fingerprint density at radius 1 is 1.26 bits per heavy atom. The van der Waals surface area contributed by atoms with Crippen molar-refractivity contribution >= 4 is 21.9 Å². The zero-order valence-electron chi connectivity index (χ0n) is 12.9. The molecular weight excluding hydrogens is 320 g/mol. The number of nitrogens with zero attached hydrogens (tertiary/aromatic N) is 1. The van der Waals surface area contributed by atoms with Gasteiger partial charge in [-0.3, -0.25) is 4.79 Å². The van der Waals surface area contributed by atoms with E-state index in [1.54, 1.807) is 4.90 Å². The van der Waals surface area contributed by atoms with Crippen LogP contribution in [0.1, 0.15) is 36.5 Å². The molecule has 1 atom stereocenters. The fourth-order valence-electron chi connectivity index (χ4n) is 2.54. The highest BCUT2D eigenvalue weighted by Gasteiger charge is 2.24. The van der Waals surface area contributed by atoms with Gasteiger partial charge < -0.3 is 9.64 Å². The lowest BCUT2D eigenvalue weighted by Gasteiger charge is -2.33. The van der Waals surface area contributed by atoms with E-state index in [0.717, 1.165) is 19.3 Å². The van der Waals surface area contributed by atoms with Crippen LogP contribution in [0.3, 0.4) is 0 Å². The van der Waals surface area contributed by atoms with Crippen LogP contribution in [0.2, 0.25) is 0 Å². The molecule has 2 rings (SSSR count). The molecule has 0 spiro atoms. The van der Waals surface area contributed by atoms with Crippen molar-refractivity contribution in [1.29, 1.82) is 0 Å². The number of piperidine rings is 1. The van der Waals surface area contributed by atoms with Gasteiger partial charge in [0.15, 0.2) is 6.61 Å². The predicted molar refractivity (Wildman–Crippen MR) is 83.1 cm³/mol. The number of hydrogen-bond donors (Lipinski definition) is 1. The molecule has 0 aromatic heterocycles. The lowest BCUT2D eigenvalue weighted by molar-refractivity contribution is -0.137. The van der Waals surface area contributed by atoms with Gasteiger partial charge in [0.2, 0.25) is 10.0 Å². The first kappa shape index (κ1) is 17.4. The van der Waals surface area contributed by atoms with Crippen LogP contribution in [-0.4, -0.2) is 44.4 Å². The monoisotopic (exact) mass is 340 g/mol. The highest BCUT2D eigenvalue weighted by molar-refractivity contribution is 7.89. The molecule has 126 valence electrons. The minimum absolute atomic E-state index is 0.0905. The molecule has 1 aliphatic rings. The van der Waals surface area contributed by atoms with Crippen molar-refractivity contribution in [2.45, 2.75) is 37.1 Å². The van der Waals surface area contributed by atoms with E-state index in [9.17, 15) is 18.0 Å². The molecule has 1 amide bonds. The van der Waals surface area contributed by atoms with E-state index in [-0.39, 0.29) is 29.0 Å². The van der Waals surface area contributed by atoms with E-state index in [0.29, 0.717) is 6.54 Å². The Bertz CT molecular complexity index is 684. The van der Waals surface area contributed by atoms with Crippen LogP contribution in [0, 0.1) is 0 Å². The third-order valence-corrected chi connectivity index (χ3v) is 4.80. The van der Waals surface area contributed by atoms with Crippen LogP contribution in [0.5, 0.6) is 0 Å². The van der Waals surface area contributed by atoms with E-state index >= 15 is 0 Å². The Hall–Kier alpha value is -1.93. The normalized spacial score (nSPS) is 18.5. The third kappa shape index (κ3) is 4.52. The molecule has 2 N–H and O–H groups in total. The highest BCUT2D eigenvalue weighted by atomic mass is 32.2. The fourth-order valence-corrected chi connectivity index (χ4v) is 3.06. The summed E-state index contributed by atoms with van der Waals surface area (Å²) in [6, 6.07) is 5.21. The molecule has 1 aliphatic heterocycles. The maximum Gasteiger partial charge on any atom is 0.338 e. The maximum absolute atomic E-state index is 12.1. The summed E-state index contributed by atoms with van der Waals surface area (Å²) >= 11 is 0. The topological polar surface area (TPSA) is 107 Å². The summed E-state index contributed by atoms with van der Waals surface area (Å²) in [7, 11) is -3.80. The van der Waals surface area contributed by atoms with Gasteiger partial charge in [-0.15, -0.1) is 0 Å². The molecule has 23 heavy (non-hydrogen) atoms. The first-order valence-corrected chi connectivity index (χ1v) is 8.93. The number of amides is 1. The quantitative estimate of drug-likeness (QED) is 0.819. The van der Waals surface area contributed by atoms with Crippen molar-refractivity contribution in [3.8, 4) is 0 Å². The van der Waals surface area contributed by atoms with Crippen LogP contribution >= 0.6 is 0 Å². The second kappa shape index (κ2) is 7.10. The second-order valence-electron chi connectivity index (χ2n) is 5.58. The maximum atomic E-state index is 12.1. The van der Waals surface area contributed by atoms with E-state index < -0.39 is 16.0 Å². The first-order valence-electron chi connectivity index (χ1n) is 7.38. The zero-order chi connectivity index (χ0) is 17.0. The minimum Gasteiger partial charge on any atom is -0.452 e. The predicted octanol–water partition coefficient (Wildman–Crippen LogP) is 0.892. The number of esters is 1. The Kier molecular flexibility index (Phi) is 5.38. The molecule has 0 unspecified atom stereocenters. The lowest BCUT2D eigenvalue weighted by atomic mass is 10.0. The van der Waals surface area contributed by atoms with Gasteiger partial charge in [0, 0.05) is 12.6 Å². The number of carbonyl (C=O) groups is 2. The van der Waals surface area contributed by atoms with Gasteiger partial charge in [-0.1, -0.05) is 0 Å². The summed E-state index contributed by atoms with van der Waals surface area (Å²) in [5.74, 6) is -0.893. The van der Waals surface area contributed by atoms with Gasteiger partial charge >= 0.3 is 5.97 Å². The van der Waals surface area contributed by atoms with E-state index in [1.807, 2.05) is 6.92 Å². The van der Waals surface area contributed by atoms with Gasteiger partial charge in [0.25, 0.3) is 5.91 Å². The zero-order valence-corrected chi connectivity index (χ0v) is 13.7. The molecule has 1 heterocycles. The van der Waals surface area contributed by atoms with Gasteiger partial charge in [0.1, 0.15) is 0 Å².